The van der Waals surface area contributed by atoms with E-state index in [1.807, 2.05) is 0 Å². The molecule has 0 heterocycles. The van der Waals surface area contributed by atoms with Crippen molar-refractivity contribution in [3.05, 3.63) is 29.3 Å². The zero-order chi connectivity index (χ0) is 16.0. The van der Waals surface area contributed by atoms with Gasteiger partial charge in [-0.3, -0.25) is 4.79 Å². The average Bonchev–Trinajstić information content (AvgIpc) is 2.39. The number of carbonyl (C=O) groups is 1. The van der Waals surface area contributed by atoms with Crippen LogP contribution in [-0.4, -0.2) is 21.0 Å². The molecule has 1 aromatic rings. The van der Waals surface area contributed by atoms with Crippen LogP contribution in [0, 0.1) is 0 Å². The predicted molar refractivity (Wildman–Crippen MR) is 93.3 cm³/mol. The van der Waals surface area contributed by atoms with Crippen LogP contribution in [0.2, 0.25) is 5.02 Å². The molecule has 3 N–H and O–H groups in total. The summed E-state index contributed by atoms with van der Waals surface area (Å²) in [5.41, 5.74) is 0.599. The quantitative estimate of drug-likeness (QED) is 0.416. The molecule has 0 radical (unpaired) electrons. The van der Waals surface area contributed by atoms with Crippen LogP contribution in [-0.2, 0) is 4.79 Å². The van der Waals surface area contributed by atoms with Crippen molar-refractivity contribution in [3.63, 3.8) is 0 Å². The minimum Gasteiger partial charge on any atom is -0.339 e. The van der Waals surface area contributed by atoms with Crippen LogP contribution in [0.4, 0.5) is 5.69 Å². The van der Waals surface area contributed by atoms with Gasteiger partial charge in [-0.25, -0.2) is 0 Å². The topological polar surface area (TPSA) is 53.2 Å². The van der Waals surface area contributed by atoms with E-state index in [1.54, 1.807) is 31.2 Å². The maximum atomic E-state index is 11.5. The minimum atomic E-state index is -1.77. The first-order valence-electron chi connectivity index (χ1n) is 5.92. The van der Waals surface area contributed by atoms with E-state index in [2.05, 4.69) is 16.0 Å². The van der Waals surface area contributed by atoms with E-state index in [9.17, 15) is 4.79 Å². The summed E-state index contributed by atoms with van der Waals surface area (Å²) in [6, 6.07) is 7.03. The van der Waals surface area contributed by atoms with Gasteiger partial charge in [0.05, 0.1) is 10.7 Å². The van der Waals surface area contributed by atoms with Gasteiger partial charge in [0.25, 0.3) is 0 Å². The molecular formula is C12H13Cl4N3OS. The highest BCUT2D eigenvalue weighted by molar-refractivity contribution is 7.80. The fourth-order valence-corrected chi connectivity index (χ4v) is 2.05. The fourth-order valence-electron chi connectivity index (χ4n) is 1.31. The van der Waals surface area contributed by atoms with Gasteiger partial charge in [0.2, 0.25) is 9.70 Å². The molecule has 0 saturated carbocycles. The van der Waals surface area contributed by atoms with Gasteiger partial charge in [-0.1, -0.05) is 65.5 Å². The maximum absolute atomic E-state index is 11.5. The third-order valence-electron chi connectivity index (χ3n) is 2.35. The van der Waals surface area contributed by atoms with E-state index in [0.717, 1.165) is 0 Å². The van der Waals surface area contributed by atoms with Crippen LogP contribution in [0.25, 0.3) is 0 Å². The summed E-state index contributed by atoms with van der Waals surface area (Å²) < 4.78 is -1.77. The Morgan fingerprint density at radius 2 is 1.90 bits per heavy atom. The van der Waals surface area contributed by atoms with Crippen LogP contribution in [0.1, 0.15) is 13.3 Å². The number of hydrogen-bond donors (Lipinski definition) is 3. The van der Waals surface area contributed by atoms with Crippen LogP contribution >= 0.6 is 58.6 Å². The standard InChI is InChI=1S/C12H13Cl4N3OS/c1-2-9(20)18-10(12(14,15)16)19-11(21)17-8-6-4-3-5-7(8)13/h3-6,10H,2H2,1H3,(H,18,20)(H2,17,19,21). The Kier molecular flexibility index (Phi) is 7.30. The van der Waals surface area contributed by atoms with E-state index < -0.39 is 9.96 Å². The predicted octanol–water partition coefficient (Wildman–Crippen LogP) is 3.85. The molecular weight excluding hydrogens is 376 g/mol. The highest BCUT2D eigenvalue weighted by Gasteiger charge is 2.34. The van der Waals surface area contributed by atoms with Gasteiger partial charge in [0.1, 0.15) is 6.17 Å². The smallest absolute Gasteiger partial charge is 0.228 e. The van der Waals surface area contributed by atoms with E-state index in [1.165, 1.54) is 0 Å². The van der Waals surface area contributed by atoms with Crippen molar-refractivity contribution in [2.24, 2.45) is 0 Å². The molecule has 1 atom stereocenters. The van der Waals surface area contributed by atoms with Crippen LogP contribution < -0.4 is 16.0 Å². The first-order chi connectivity index (χ1) is 9.74. The van der Waals surface area contributed by atoms with Gasteiger partial charge >= 0.3 is 0 Å². The molecule has 0 aliphatic carbocycles. The number of anilines is 1. The third kappa shape index (κ3) is 6.45. The second kappa shape index (κ2) is 8.25. The summed E-state index contributed by atoms with van der Waals surface area (Å²) in [5.74, 6) is -0.278. The van der Waals surface area contributed by atoms with Gasteiger partial charge in [-0.2, -0.15) is 0 Å². The van der Waals surface area contributed by atoms with Crippen LogP contribution in [0.5, 0.6) is 0 Å². The van der Waals surface area contributed by atoms with Crippen molar-refractivity contribution in [2.75, 3.05) is 5.32 Å². The summed E-state index contributed by atoms with van der Waals surface area (Å²) in [5, 5.41) is 8.78. The van der Waals surface area contributed by atoms with Crippen molar-refractivity contribution < 1.29 is 4.79 Å². The molecule has 9 heteroatoms. The Labute approximate surface area is 148 Å². The fraction of sp³-hybridized carbons (Fsp3) is 0.333. The van der Waals surface area contributed by atoms with Gasteiger partial charge in [-0.05, 0) is 24.4 Å². The molecule has 1 aromatic carbocycles. The zero-order valence-corrected chi connectivity index (χ0v) is 14.8. The molecule has 1 rings (SSSR count). The summed E-state index contributed by atoms with van der Waals surface area (Å²) in [6.07, 6.45) is -0.721. The number of benzene rings is 1. The maximum Gasteiger partial charge on any atom is 0.228 e. The number of hydrogen-bond acceptors (Lipinski definition) is 2. The first-order valence-corrected chi connectivity index (χ1v) is 7.84. The lowest BCUT2D eigenvalue weighted by Crippen LogP contribution is -2.56. The third-order valence-corrected chi connectivity index (χ3v) is 3.56. The lowest BCUT2D eigenvalue weighted by atomic mass is 10.3. The lowest BCUT2D eigenvalue weighted by Gasteiger charge is -2.27. The molecule has 21 heavy (non-hydrogen) atoms. The Hall–Kier alpha value is -0.460. The number of carbonyl (C=O) groups excluding carboxylic acids is 1. The van der Waals surface area contributed by atoms with Crippen LogP contribution in [0.3, 0.4) is 0 Å². The number of amides is 1. The summed E-state index contributed by atoms with van der Waals surface area (Å²) in [4.78, 5) is 11.5. The summed E-state index contributed by atoms with van der Waals surface area (Å²) in [6.45, 7) is 1.69. The molecule has 1 amide bonds. The van der Waals surface area contributed by atoms with Gasteiger partial charge in [0.15, 0.2) is 5.11 Å². The molecule has 1 unspecified atom stereocenters. The Morgan fingerprint density at radius 3 is 2.43 bits per heavy atom. The number of alkyl halides is 3. The average molecular weight is 389 g/mol. The zero-order valence-electron chi connectivity index (χ0n) is 10.9. The Balaban J connectivity index is 2.73. The highest BCUT2D eigenvalue weighted by atomic mass is 35.6. The molecule has 0 aromatic heterocycles. The van der Waals surface area contributed by atoms with E-state index in [-0.39, 0.29) is 17.4 Å². The second-order valence-corrected chi connectivity index (χ2v) is 7.16. The van der Waals surface area contributed by atoms with Crippen molar-refractivity contribution in [3.8, 4) is 0 Å². The molecule has 0 spiro atoms. The number of nitrogens with one attached hydrogen (secondary N) is 3. The second-order valence-electron chi connectivity index (χ2n) is 3.97. The minimum absolute atomic E-state index is 0.163. The molecule has 0 fully saturated rings. The van der Waals surface area contributed by atoms with Crippen molar-refractivity contribution in [1.82, 2.24) is 10.6 Å². The molecule has 4 nitrogen and oxygen atoms in total. The lowest BCUT2D eigenvalue weighted by molar-refractivity contribution is -0.121. The summed E-state index contributed by atoms with van der Waals surface area (Å²) in [7, 11) is 0. The molecule has 0 aliphatic heterocycles. The molecule has 116 valence electrons. The SMILES string of the molecule is CCC(=O)NC(NC(=S)Nc1ccccc1Cl)C(Cl)(Cl)Cl. The van der Waals surface area contributed by atoms with Crippen LogP contribution in [0.15, 0.2) is 24.3 Å². The first kappa shape index (κ1) is 18.6. The number of rotatable bonds is 4. The van der Waals surface area contributed by atoms with Gasteiger partial charge < -0.3 is 16.0 Å². The molecule has 0 aliphatic rings. The largest absolute Gasteiger partial charge is 0.339 e. The van der Waals surface area contributed by atoms with Gasteiger partial charge in [-0.15, -0.1) is 0 Å². The van der Waals surface area contributed by atoms with E-state index in [4.69, 9.17) is 58.6 Å². The number of para-hydroxylation sites is 1. The van der Waals surface area contributed by atoms with Crippen molar-refractivity contribution in [1.29, 1.82) is 0 Å². The van der Waals surface area contributed by atoms with E-state index in [0.29, 0.717) is 10.7 Å². The van der Waals surface area contributed by atoms with E-state index >= 15 is 0 Å². The molecule has 0 bridgehead atoms. The molecule has 0 saturated heterocycles. The van der Waals surface area contributed by atoms with Crippen molar-refractivity contribution in [2.45, 2.75) is 23.3 Å². The number of halogens is 4. The van der Waals surface area contributed by atoms with Gasteiger partial charge in [0, 0.05) is 6.42 Å². The highest BCUT2D eigenvalue weighted by Crippen LogP contribution is 2.29. The van der Waals surface area contributed by atoms with Crippen molar-refractivity contribution >= 4 is 75.3 Å². The number of thiocarbonyl (C=S) groups is 1. The monoisotopic (exact) mass is 387 g/mol. The summed E-state index contributed by atoms with van der Waals surface area (Å²) >= 11 is 28.6. The Bertz CT molecular complexity index is 521. The Morgan fingerprint density at radius 1 is 1.29 bits per heavy atom. The normalized spacial score (nSPS) is 12.4.